The van der Waals surface area contributed by atoms with Crippen molar-refractivity contribution in [1.82, 2.24) is 4.98 Å². The first-order valence-electron chi connectivity index (χ1n) is 12.3. The molecule has 1 amide bonds. The zero-order valence-corrected chi connectivity index (χ0v) is 21.0. The van der Waals surface area contributed by atoms with Gasteiger partial charge in [0.2, 0.25) is 0 Å². The van der Waals surface area contributed by atoms with Crippen LogP contribution < -0.4 is 5.32 Å². The van der Waals surface area contributed by atoms with Gasteiger partial charge in [-0.1, -0.05) is 75.7 Å². The zero-order valence-electron chi connectivity index (χ0n) is 20.1. The minimum Gasteiger partial charge on any atom is -0.320 e. The maximum Gasteiger partial charge on any atom is 0.275 e. The van der Waals surface area contributed by atoms with Gasteiger partial charge in [0.25, 0.3) is 5.91 Å². The van der Waals surface area contributed by atoms with Crippen LogP contribution in [0.4, 0.5) is 5.69 Å². The standard InChI is InChI=1S/C29H36N2OS/c1-29(2,3)24-14-7-8-15-25(24)30-27(32)26-20-33-28(31-26)23-18-16-22(17-19-23)13-9-12-21-10-5-4-6-11-21/h4-8,10-11,14-15,20,22-23H,9,12-13,16-19H2,1-3H3,(H,30,32). The van der Waals surface area contributed by atoms with E-state index in [1.807, 2.05) is 23.6 Å². The lowest BCUT2D eigenvalue weighted by atomic mass is 9.80. The molecule has 1 N–H and O–H groups in total. The van der Waals surface area contributed by atoms with Gasteiger partial charge < -0.3 is 5.32 Å². The quantitative estimate of drug-likeness (QED) is 0.388. The van der Waals surface area contributed by atoms with Crippen LogP contribution in [-0.4, -0.2) is 10.9 Å². The average Bonchev–Trinajstić information content (AvgIpc) is 3.30. The molecule has 4 rings (SSSR count). The Morgan fingerprint density at radius 3 is 2.42 bits per heavy atom. The van der Waals surface area contributed by atoms with Crippen molar-refractivity contribution in [2.45, 2.75) is 77.0 Å². The number of nitrogens with one attached hydrogen (secondary N) is 1. The lowest BCUT2D eigenvalue weighted by Gasteiger charge is -2.27. The van der Waals surface area contributed by atoms with Crippen molar-refractivity contribution >= 4 is 22.9 Å². The van der Waals surface area contributed by atoms with Gasteiger partial charge in [0, 0.05) is 17.0 Å². The lowest BCUT2D eigenvalue weighted by Crippen LogP contribution is -2.19. The molecule has 0 unspecified atom stereocenters. The Bertz CT molecular complexity index is 1040. The monoisotopic (exact) mass is 460 g/mol. The minimum atomic E-state index is -0.108. The summed E-state index contributed by atoms with van der Waals surface area (Å²) in [5.41, 5.74) is 3.98. The van der Waals surface area contributed by atoms with E-state index >= 15 is 0 Å². The smallest absolute Gasteiger partial charge is 0.275 e. The molecule has 1 fully saturated rings. The number of amides is 1. The van der Waals surface area contributed by atoms with E-state index in [4.69, 9.17) is 4.98 Å². The highest BCUT2D eigenvalue weighted by atomic mass is 32.1. The normalized spacial score (nSPS) is 18.8. The molecule has 1 saturated carbocycles. The Hall–Kier alpha value is -2.46. The predicted molar refractivity (Wildman–Crippen MR) is 139 cm³/mol. The highest BCUT2D eigenvalue weighted by Crippen LogP contribution is 2.39. The second-order valence-electron chi connectivity index (χ2n) is 10.4. The van der Waals surface area contributed by atoms with Gasteiger partial charge in [-0.2, -0.15) is 0 Å². The molecule has 0 bridgehead atoms. The van der Waals surface area contributed by atoms with Crippen molar-refractivity contribution in [2.24, 2.45) is 5.92 Å². The van der Waals surface area contributed by atoms with Gasteiger partial charge in [0.15, 0.2) is 0 Å². The van der Waals surface area contributed by atoms with Crippen molar-refractivity contribution in [1.29, 1.82) is 0 Å². The number of thiazole rings is 1. The summed E-state index contributed by atoms with van der Waals surface area (Å²) in [6.07, 6.45) is 8.72. The number of para-hydroxylation sites is 1. The van der Waals surface area contributed by atoms with Gasteiger partial charge in [-0.3, -0.25) is 4.79 Å². The second kappa shape index (κ2) is 10.6. The van der Waals surface area contributed by atoms with E-state index in [0.717, 1.165) is 22.2 Å². The van der Waals surface area contributed by atoms with E-state index in [9.17, 15) is 4.79 Å². The summed E-state index contributed by atoms with van der Waals surface area (Å²) in [4.78, 5) is 17.7. The van der Waals surface area contributed by atoms with Crippen LogP contribution in [-0.2, 0) is 11.8 Å². The summed E-state index contributed by atoms with van der Waals surface area (Å²) < 4.78 is 0. The van der Waals surface area contributed by atoms with E-state index in [1.54, 1.807) is 11.3 Å². The molecule has 0 atom stereocenters. The molecule has 0 aliphatic heterocycles. The van der Waals surface area contributed by atoms with Crippen molar-refractivity contribution < 1.29 is 4.79 Å². The topological polar surface area (TPSA) is 42.0 Å². The number of anilines is 1. The average molecular weight is 461 g/mol. The van der Waals surface area contributed by atoms with Gasteiger partial charge in [0.1, 0.15) is 5.69 Å². The predicted octanol–water partition coefficient (Wildman–Crippen LogP) is 7.99. The molecular formula is C29H36N2OS. The van der Waals surface area contributed by atoms with Crippen LogP contribution in [0.3, 0.4) is 0 Å². The van der Waals surface area contributed by atoms with Crippen LogP contribution in [0, 0.1) is 5.92 Å². The van der Waals surface area contributed by atoms with Crippen LogP contribution in [0.2, 0.25) is 0 Å². The van der Waals surface area contributed by atoms with Gasteiger partial charge in [0.05, 0.1) is 5.01 Å². The van der Waals surface area contributed by atoms with Gasteiger partial charge >= 0.3 is 0 Å². The number of benzene rings is 2. The molecule has 2 aromatic carbocycles. The molecular weight excluding hydrogens is 424 g/mol. The van der Waals surface area contributed by atoms with Crippen LogP contribution in [0.15, 0.2) is 60.0 Å². The van der Waals surface area contributed by atoms with Crippen LogP contribution in [0.25, 0.3) is 0 Å². The third kappa shape index (κ3) is 6.32. The maximum absolute atomic E-state index is 12.9. The molecule has 1 aliphatic rings. The molecule has 1 aliphatic carbocycles. The Morgan fingerprint density at radius 1 is 1.00 bits per heavy atom. The Morgan fingerprint density at radius 2 is 1.70 bits per heavy atom. The van der Waals surface area contributed by atoms with Gasteiger partial charge in [-0.25, -0.2) is 4.98 Å². The summed E-state index contributed by atoms with van der Waals surface area (Å²) in [7, 11) is 0. The number of carbonyl (C=O) groups excluding carboxylic acids is 1. The molecule has 3 nitrogen and oxygen atoms in total. The molecule has 1 aromatic heterocycles. The van der Waals surface area contributed by atoms with Crippen molar-refractivity contribution in [3.63, 3.8) is 0 Å². The molecule has 174 valence electrons. The molecule has 0 radical (unpaired) electrons. The number of hydrogen-bond acceptors (Lipinski definition) is 3. The molecule has 33 heavy (non-hydrogen) atoms. The number of carbonyl (C=O) groups is 1. The van der Waals surface area contributed by atoms with Crippen LogP contribution >= 0.6 is 11.3 Å². The minimum absolute atomic E-state index is 0.0309. The third-order valence-electron chi connectivity index (χ3n) is 6.85. The number of rotatable bonds is 7. The van der Waals surface area contributed by atoms with Crippen molar-refractivity contribution in [3.8, 4) is 0 Å². The number of aromatic nitrogens is 1. The number of hydrogen-bond donors (Lipinski definition) is 1. The van der Waals surface area contributed by atoms with Crippen LogP contribution in [0.1, 0.15) is 91.8 Å². The van der Waals surface area contributed by atoms with Crippen LogP contribution in [0.5, 0.6) is 0 Å². The summed E-state index contributed by atoms with van der Waals surface area (Å²) in [5, 5.41) is 6.16. The van der Waals surface area contributed by atoms with E-state index in [0.29, 0.717) is 11.6 Å². The fourth-order valence-corrected chi connectivity index (χ4v) is 5.92. The summed E-state index contributed by atoms with van der Waals surface area (Å²) >= 11 is 1.65. The Kier molecular flexibility index (Phi) is 7.64. The fraction of sp³-hybridized carbons (Fsp3) is 0.448. The van der Waals surface area contributed by atoms with E-state index in [-0.39, 0.29) is 11.3 Å². The first kappa shape index (κ1) is 23.7. The SMILES string of the molecule is CC(C)(C)c1ccccc1NC(=O)c1csc(C2CCC(CCCc3ccccc3)CC2)n1. The molecule has 0 spiro atoms. The summed E-state index contributed by atoms with van der Waals surface area (Å²) in [5.74, 6) is 1.23. The van der Waals surface area contributed by atoms with E-state index in [2.05, 4.69) is 62.5 Å². The molecule has 3 aromatic rings. The summed E-state index contributed by atoms with van der Waals surface area (Å²) in [6, 6.07) is 18.9. The van der Waals surface area contributed by atoms with E-state index < -0.39 is 0 Å². The largest absolute Gasteiger partial charge is 0.320 e. The highest BCUT2D eigenvalue weighted by molar-refractivity contribution is 7.10. The first-order valence-corrected chi connectivity index (χ1v) is 13.2. The number of aryl methyl sites for hydroxylation is 1. The molecule has 4 heteroatoms. The zero-order chi connectivity index (χ0) is 23.3. The van der Waals surface area contributed by atoms with Gasteiger partial charge in [-0.15, -0.1) is 11.3 Å². The van der Waals surface area contributed by atoms with Crippen molar-refractivity contribution in [3.05, 3.63) is 81.8 Å². The molecule has 0 saturated heterocycles. The Balaban J connectivity index is 1.28. The second-order valence-corrected chi connectivity index (χ2v) is 11.3. The van der Waals surface area contributed by atoms with Crippen molar-refractivity contribution in [2.75, 3.05) is 5.32 Å². The fourth-order valence-electron chi connectivity index (χ4n) is 4.95. The lowest BCUT2D eigenvalue weighted by molar-refractivity contribution is 0.102. The maximum atomic E-state index is 12.9. The Labute approximate surface area is 202 Å². The number of nitrogens with zero attached hydrogens (tertiary/aromatic N) is 1. The highest BCUT2D eigenvalue weighted by Gasteiger charge is 2.25. The van der Waals surface area contributed by atoms with Gasteiger partial charge in [-0.05, 0) is 67.1 Å². The summed E-state index contributed by atoms with van der Waals surface area (Å²) in [6.45, 7) is 6.49. The first-order chi connectivity index (χ1) is 15.9. The molecule has 1 heterocycles. The third-order valence-corrected chi connectivity index (χ3v) is 7.86. The van der Waals surface area contributed by atoms with E-state index in [1.165, 1.54) is 50.5 Å².